The summed E-state index contributed by atoms with van der Waals surface area (Å²) in [4.78, 5) is 0. The number of hydrogen-bond donors (Lipinski definition) is 1. The molecule has 0 aliphatic carbocycles. The molecular weight excluding hydrogens is 111 g/mol. The molecule has 0 spiro atoms. The Hall–Kier alpha value is -1.05. The second kappa shape index (κ2) is 3.08. The van der Waals surface area contributed by atoms with Crippen LogP contribution in [0.2, 0.25) is 0 Å². The summed E-state index contributed by atoms with van der Waals surface area (Å²) in [5.41, 5.74) is 1.01. The van der Waals surface area contributed by atoms with Gasteiger partial charge in [-0.2, -0.15) is 0 Å². The van der Waals surface area contributed by atoms with E-state index in [0.29, 0.717) is 0 Å². The first-order valence-electron chi connectivity index (χ1n) is 2.79. The average Bonchev–Trinajstić information content (AvgIpc) is 1.91. The third kappa shape index (κ3) is 1.72. The Morgan fingerprint density at radius 1 is 1.22 bits per heavy atom. The molecule has 0 atom stereocenters. The first-order chi connectivity index (χ1) is 4.43. The molecule has 1 N–H and O–H groups in total. The summed E-state index contributed by atoms with van der Waals surface area (Å²) in [5.74, 6) is 0. The molecule has 0 amide bonds. The van der Waals surface area contributed by atoms with Gasteiger partial charge in [-0.3, -0.25) is 0 Å². The second-order valence-corrected chi connectivity index (χ2v) is 1.73. The van der Waals surface area contributed by atoms with Gasteiger partial charge < -0.3 is 0 Å². The van der Waals surface area contributed by atoms with Gasteiger partial charge in [0.05, 0.1) is 0 Å². The van der Waals surface area contributed by atoms with Gasteiger partial charge in [-0.15, -0.1) is 0 Å². The Kier molecular flexibility index (Phi) is 2.08. The van der Waals surface area contributed by atoms with Gasteiger partial charge in [0, 0.05) is 0 Å². The molecule has 1 aromatic carbocycles. The molecule has 0 fully saturated rings. The molecule has 0 unspecified atom stereocenters. The van der Waals surface area contributed by atoms with Crippen molar-refractivity contribution in [2.45, 2.75) is 0 Å². The molecule has 0 aromatic heterocycles. The van der Waals surface area contributed by atoms with E-state index >= 15 is 0 Å². The van der Waals surface area contributed by atoms with Crippen LogP contribution < -0.4 is 5.46 Å². The summed E-state index contributed by atoms with van der Waals surface area (Å²) < 4.78 is 0. The third-order valence-electron chi connectivity index (χ3n) is 1.07. The van der Waals surface area contributed by atoms with Crippen LogP contribution in [-0.2, 0) is 0 Å². The van der Waals surface area contributed by atoms with Crippen LogP contribution in [0.25, 0.3) is 0 Å². The van der Waals surface area contributed by atoms with Gasteiger partial charge >= 0.3 is 54.0 Å². The Balaban J connectivity index is 2.85. The van der Waals surface area contributed by atoms with Crippen LogP contribution in [-0.4, -0.2) is 18.2 Å². The fourth-order valence-electron chi connectivity index (χ4n) is 0.650. The van der Waals surface area contributed by atoms with Gasteiger partial charge in [-0.05, 0) is 0 Å². The first-order valence-corrected chi connectivity index (χ1v) is 2.79. The van der Waals surface area contributed by atoms with Gasteiger partial charge in [-0.1, -0.05) is 0 Å². The zero-order chi connectivity index (χ0) is 6.53. The average molecular weight is 118 g/mol. The predicted octanol–water partition coefficient (Wildman–Crippen LogP) is 0.148. The summed E-state index contributed by atoms with van der Waals surface area (Å²) in [6.07, 6.45) is 1.04. The Bertz CT molecular complexity index is 193. The molecule has 0 bridgehead atoms. The van der Waals surface area contributed by atoms with Crippen LogP contribution in [0.4, 0.5) is 0 Å². The summed E-state index contributed by atoms with van der Waals surface area (Å²) >= 11 is 0. The van der Waals surface area contributed by atoms with Gasteiger partial charge in [0.15, 0.2) is 0 Å². The van der Waals surface area contributed by atoms with E-state index in [1.54, 1.807) is 6.92 Å². The van der Waals surface area contributed by atoms with E-state index in [-0.39, 0.29) is 0 Å². The molecule has 0 aliphatic rings. The number of hydrogen-bond acceptors (Lipinski definition) is 1. The maximum absolute atomic E-state index is 8.34. The normalized spacial score (nSPS) is 9.33. The standard InChI is InChI=1S/C7H7BO/c9-6-8-7-4-2-1-3-5-7/h1-6,9H. The number of aliphatic hydroxyl groups is 1. The molecule has 0 radical (unpaired) electrons. The van der Waals surface area contributed by atoms with E-state index in [1.165, 1.54) is 0 Å². The number of aliphatic hydroxyl groups excluding tert-OH is 1. The summed E-state index contributed by atoms with van der Waals surface area (Å²) in [6, 6.07) is 9.64. The van der Waals surface area contributed by atoms with Crippen LogP contribution in [0, 0.1) is 0 Å². The molecule has 2 heteroatoms. The fraction of sp³-hybridized carbons (Fsp3) is 0. The molecule has 1 nitrogen and oxygen atoms in total. The van der Waals surface area contributed by atoms with Crippen molar-refractivity contribution in [2.75, 3.05) is 0 Å². The van der Waals surface area contributed by atoms with E-state index < -0.39 is 0 Å². The minimum atomic E-state index is 1.01. The summed E-state index contributed by atoms with van der Waals surface area (Å²) in [6.45, 7) is 1.64. The minimum absolute atomic E-state index is 1.01. The molecule has 9 heavy (non-hydrogen) atoms. The van der Waals surface area contributed by atoms with Gasteiger partial charge in [0.1, 0.15) is 0 Å². The molecule has 0 aliphatic heterocycles. The van der Waals surface area contributed by atoms with E-state index in [9.17, 15) is 0 Å². The molecule has 44 valence electrons. The molecule has 0 saturated heterocycles. The summed E-state index contributed by atoms with van der Waals surface area (Å²) in [5, 5.41) is 8.34. The second-order valence-electron chi connectivity index (χ2n) is 1.73. The van der Waals surface area contributed by atoms with Crippen molar-refractivity contribution in [3.05, 3.63) is 30.3 Å². The van der Waals surface area contributed by atoms with Crippen LogP contribution >= 0.6 is 0 Å². The predicted molar refractivity (Wildman–Crippen MR) is 39.8 cm³/mol. The van der Waals surface area contributed by atoms with E-state index in [4.69, 9.17) is 5.11 Å². The molecule has 0 heterocycles. The quantitative estimate of drug-likeness (QED) is 0.520. The maximum atomic E-state index is 8.34. The monoisotopic (exact) mass is 118 g/mol. The van der Waals surface area contributed by atoms with Crippen LogP contribution in [0.1, 0.15) is 0 Å². The van der Waals surface area contributed by atoms with E-state index in [0.717, 1.165) is 11.6 Å². The van der Waals surface area contributed by atoms with Crippen molar-refractivity contribution >= 4 is 18.5 Å². The Labute approximate surface area is 54.9 Å². The van der Waals surface area contributed by atoms with Gasteiger partial charge in [0.25, 0.3) is 0 Å². The zero-order valence-corrected chi connectivity index (χ0v) is 4.99. The Morgan fingerprint density at radius 2 is 1.89 bits per heavy atom. The van der Waals surface area contributed by atoms with Gasteiger partial charge in [0.2, 0.25) is 0 Å². The molecule has 1 aromatic rings. The molecular formula is C7H7BO. The van der Waals surface area contributed by atoms with Crippen molar-refractivity contribution in [1.29, 1.82) is 0 Å². The van der Waals surface area contributed by atoms with E-state index in [2.05, 4.69) is 0 Å². The van der Waals surface area contributed by atoms with Crippen molar-refractivity contribution in [1.82, 2.24) is 0 Å². The van der Waals surface area contributed by atoms with Crippen LogP contribution in [0.3, 0.4) is 0 Å². The molecule has 1 rings (SSSR count). The summed E-state index contributed by atoms with van der Waals surface area (Å²) in [7, 11) is 0. The van der Waals surface area contributed by atoms with Crippen LogP contribution in [0.15, 0.2) is 30.3 Å². The van der Waals surface area contributed by atoms with Crippen LogP contribution in [0.5, 0.6) is 0 Å². The third-order valence-corrected chi connectivity index (χ3v) is 1.07. The number of benzene rings is 1. The van der Waals surface area contributed by atoms with Crippen molar-refractivity contribution < 1.29 is 5.11 Å². The topological polar surface area (TPSA) is 20.2 Å². The SMILES string of the molecule is OC=Bc1ccccc1. The number of rotatable bonds is 1. The fourth-order valence-corrected chi connectivity index (χ4v) is 0.650. The first kappa shape index (κ1) is 6.08. The van der Waals surface area contributed by atoms with E-state index in [1.807, 2.05) is 30.3 Å². The van der Waals surface area contributed by atoms with Gasteiger partial charge in [-0.25, -0.2) is 0 Å². The zero-order valence-electron chi connectivity index (χ0n) is 4.99. The van der Waals surface area contributed by atoms with Crippen molar-refractivity contribution in [3.8, 4) is 0 Å². The van der Waals surface area contributed by atoms with Crippen molar-refractivity contribution in [3.63, 3.8) is 0 Å². The van der Waals surface area contributed by atoms with Crippen molar-refractivity contribution in [2.24, 2.45) is 0 Å². The molecule has 0 saturated carbocycles. The Morgan fingerprint density at radius 3 is 2.44 bits per heavy atom.